The Kier molecular flexibility index (Phi) is 6.59. The van der Waals surface area contributed by atoms with Gasteiger partial charge in [-0.1, -0.05) is 42.5 Å². The summed E-state index contributed by atoms with van der Waals surface area (Å²) in [6, 6.07) is 15.4. The Morgan fingerprint density at radius 1 is 1.14 bits per heavy atom. The lowest BCUT2D eigenvalue weighted by atomic mass is 10.1. The van der Waals surface area contributed by atoms with E-state index >= 15 is 0 Å². The molecule has 0 aromatic heterocycles. The first-order valence-corrected chi connectivity index (χ1v) is 9.44. The number of carbonyl (C=O) groups is 3. The fourth-order valence-corrected chi connectivity index (χ4v) is 3.43. The minimum absolute atomic E-state index is 0.0106. The van der Waals surface area contributed by atoms with Crippen LogP contribution in [0.25, 0.3) is 0 Å². The van der Waals surface area contributed by atoms with Gasteiger partial charge < -0.3 is 14.5 Å². The van der Waals surface area contributed by atoms with Crippen molar-refractivity contribution in [2.75, 3.05) is 25.1 Å². The maximum atomic E-state index is 14.1. The number of anilines is 1. The monoisotopic (exact) mass is 398 g/mol. The number of benzene rings is 2. The lowest BCUT2D eigenvalue weighted by molar-refractivity contribution is -0.142. The van der Waals surface area contributed by atoms with E-state index in [0.717, 1.165) is 5.56 Å². The second-order valence-corrected chi connectivity index (χ2v) is 6.93. The predicted octanol–water partition coefficient (Wildman–Crippen LogP) is 2.77. The van der Waals surface area contributed by atoms with Gasteiger partial charge in [-0.3, -0.25) is 14.4 Å². The molecule has 1 heterocycles. The van der Waals surface area contributed by atoms with E-state index in [1.165, 1.54) is 24.1 Å². The van der Waals surface area contributed by atoms with Crippen molar-refractivity contribution in [3.8, 4) is 0 Å². The van der Waals surface area contributed by atoms with Gasteiger partial charge >= 0.3 is 5.97 Å². The molecule has 0 bridgehead atoms. The standard InChI is InChI=1S/C22H23FN2O4/c1-29-21(27)11-12-24(14-16-7-3-2-4-8-16)22(28)17-13-20(26)25(15-17)19-10-6-5-9-18(19)23/h2-10,17H,11-15H2,1H3. The molecule has 1 aliphatic heterocycles. The molecule has 2 aromatic rings. The Balaban J connectivity index is 1.75. The number of para-hydroxylation sites is 1. The van der Waals surface area contributed by atoms with E-state index in [4.69, 9.17) is 0 Å². The van der Waals surface area contributed by atoms with Gasteiger partial charge in [-0.05, 0) is 17.7 Å². The van der Waals surface area contributed by atoms with Crippen LogP contribution in [0.5, 0.6) is 0 Å². The molecular formula is C22H23FN2O4. The lowest BCUT2D eigenvalue weighted by Gasteiger charge is -2.25. The average Bonchev–Trinajstić information content (AvgIpc) is 3.12. The van der Waals surface area contributed by atoms with Gasteiger partial charge in [0.05, 0.1) is 25.1 Å². The van der Waals surface area contributed by atoms with Crippen molar-refractivity contribution in [2.24, 2.45) is 5.92 Å². The molecule has 0 radical (unpaired) electrons. The number of hydrogen-bond donors (Lipinski definition) is 0. The Morgan fingerprint density at radius 3 is 2.52 bits per heavy atom. The third-order valence-electron chi connectivity index (χ3n) is 4.96. The summed E-state index contributed by atoms with van der Waals surface area (Å²) in [5, 5.41) is 0. The Morgan fingerprint density at radius 2 is 1.83 bits per heavy atom. The van der Waals surface area contributed by atoms with Gasteiger partial charge in [0, 0.05) is 26.1 Å². The molecule has 0 saturated carbocycles. The third kappa shape index (κ3) is 4.99. The summed E-state index contributed by atoms with van der Waals surface area (Å²) in [7, 11) is 1.30. The summed E-state index contributed by atoms with van der Waals surface area (Å²) in [4.78, 5) is 40.1. The van der Waals surface area contributed by atoms with Crippen LogP contribution in [0.15, 0.2) is 54.6 Å². The smallest absolute Gasteiger partial charge is 0.307 e. The number of nitrogens with zero attached hydrogens (tertiary/aromatic N) is 2. The van der Waals surface area contributed by atoms with Crippen LogP contribution >= 0.6 is 0 Å². The van der Waals surface area contributed by atoms with Crippen LogP contribution < -0.4 is 4.90 Å². The average molecular weight is 398 g/mol. The first-order chi connectivity index (χ1) is 14.0. The summed E-state index contributed by atoms with van der Waals surface area (Å²) < 4.78 is 18.8. The van der Waals surface area contributed by atoms with Gasteiger partial charge in [-0.25, -0.2) is 4.39 Å². The predicted molar refractivity (Wildman–Crippen MR) is 105 cm³/mol. The van der Waals surface area contributed by atoms with Crippen molar-refractivity contribution < 1.29 is 23.5 Å². The quantitative estimate of drug-likeness (QED) is 0.673. The largest absolute Gasteiger partial charge is 0.469 e. The molecule has 1 fully saturated rings. The molecule has 7 heteroatoms. The van der Waals surface area contributed by atoms with Gasteiger partial charge in [-0.2, -0.15) is 0 Å². The van der Waals surface area contributed by atoms with Crippen molar-refractivity contribution in [3.05, 3.63) is 66.0 Å². The Labute approximate surface area is 168 Å². The fraction of sp³-hybridized carbons (Fsp3) is 0.318. The number of ether oxygens (including phenoxy) is 1. The molecule has 0 aliphatic carbocycles. The molecule has 6 nitrogen and oxygen atoms in total. The zero-order chi connectivity index (χ0) is 20.8. The molecule has 2 amide bonds. The van der Waals surface area contributed by atoms with Crippen LogP contribution in [-0.2, 0) is 25.7 Å². The van der Waals surface area contributed by atoms with E-state index in [1.807, 2.05) is 30.3 Å². The normalized spacial score (nSPS) is 16.0. The Hall–Kier alpha value is -3.22. The number of methoxy groups -OCH3 is 1. The van der Waals surface area contributed by atoms with E-state index in [-0.39, 0.29) is 43.4 Å². The molecule has 0 spiro atoms. The number of halogens is 1. The molecule has 2 aromatic carbocycles. The van der Waals surface area contributed by atoms with Crippen LogP contribution in [-0.4, -0.2) is 42.9 Å². The number of amides is 2. The van der Waals surface area contributed by atoms with E-state index in [9.17, 15) is 18.8 Å². The van der Waals surface area contributed by atoms with Crippen molar-refractivity contribution in [3.63, 3.8) is 0 Å². The fourth-order valence-electron chi connectivity index (χ4n) is 3.43. The number of rotatable bonds is 7. The van der Waals surface area contributed by atoms with E-state index in [0.29, 0.717) is 6.54 Å². The van der Waals surface area contributed by atoms with Crippen LogP contribution in [0.2, 0.25) is 0 Å². The highest BCUT2D eigenvalue weighted by molar-refractivity contribution is 6.00. The summed E-state index contributed by atoms with van der Waals surface area (Å²) in [6.07, 6.45) is 0.0729. The molecule has 29 heavy (non-hydrogen) atoms. The SMILES string of the molecule is COC(=O)CCN(Cc1ccccc1)C(=O)C1CC(=O)N(c2ccccc2F)C1. The van der Waals surface area contributed by atoms with Gasteiger partial charge in [-0.15, -0.1) is 0 Å². The minimum atomic E-state index is -0.594. The Bertz CT molecular complexity index is 887. The molecule has 1 unspecified atom stereocenters. The maximum Gasteiger partial charge on any atom is 0.307 e. The molecule has 152 valence electrons. The van der Waals surface area contributed by atoms with E-state index in [2.05, 4.69) is 4.74 Å². The second kappa shape index (κ2) is 9.32. The molecule has 1 aliphatic rings. The zero-order valence-electron chi connectivity index (χ0n) is 16.2. The number of hydrogen-bond acceptors (Lipinski definition) is 4. The van der Waals surface area contributed by atoms with Crippen LogP contribution in [0.1, 0.15) is 18.4 Å². The second-order valence-electron chi connectivity index (χ2n) is 6.93. The highest BCUT2D eigenvalue weighted by Gasteiger charge is 2.38. The molecule has 1 atom stereocenters. The van der Waals surface area contributed by atoms with Gasteiger partial charge in [0.25, 0.3) is 0 Å². The molecule has 3 rings (SSSR count). The van der Waals surface area contributed by atoms with Crippen molar-refractivity contribution >= 4 is 23.5 Å². The number of esters is 1. The van der Waals surface area contributed by atoms with Crippen molar-refractivity contribution in [1.29, 1.82) is 0 Å². The summed E-state index contributed by atoms with van der Waals surface area (Å²) >= 11 is 0. The first kappa shape index (κ1) is 20.5. The van der Waals surface area contributed by atoms with Crippen molar-refractivity contribution in [2.45, 2.75) is 19.4 Å². The van der Waals surface area contributed by atoms with E-state index < -0.39 is 17.7 Å². The first-order valence-electron chi connectivity index (χ1n) is 9.44. The van der Waals surface area contributed by atoms with Gasteiger partial charge in [0.1, 0.15) is 5.82 Å². The van der Waals surface area contributed by atoms with Crippen LogP contribution in [0.3, 0.4) is 0 Å². The molecule has 1 saturated heterocycles. The van der Waals surface area contributed by atoms with Crippen LogP contribution in [0.4, 0.5) is 10.1 Å². The molecule has 0 N–H and O–H groups in total. The van der Waals surface area contributed by atoms with Gasteiger partial charge in [0.2, 0.25) is 11.8 Å². The van der Waals surface area contributed by atoms with Crippen LogP contribution in [0, 0.1) is 11.7 Å². The summed E-state index contributed by atoms with van der Waals surface area (Å²) in [6.45, 7) is 0.619. The number of carbonyl (C=O) groups excluding carboxylic acids is 3. The minimum Gasteiger partial charge on any atom is -0.469 e. The topological polar surface area (TPSA) is 66.9 Å². The highest BCUT2D eigenvalue weighted by atomic mass is 19.1. The highest BCUT2D eigenvalue weighted by Crippen LogP contribution is 2.28. The van der Waals surface area contributed by atoms with Gasteiger partial charge in [0.15, 0.2) is 0 Å². The van der Waals surface area contributed by atoms with Crippen molar-refractivity contribution in [1.82, 2.24) is 4.90 Å². The van der Waals surface area contributed by atoms with E-state index in [1.54, 1.807) is 17.0 Å². The maximum absolute atomic E-state index is 14.1. The third-order valence-corrected chi connectivity index (χ3v) is 4.96. The summed E-state index contributed by atoms with van der Waals surface area (Å²) in [5.74, 6) is -2.03. The molecular weight excluding hydrogens is 375 g/mol. The lowest BCUT2D eigenvalue weighted by Crippen LogP contribution is -2.38. The zero-order valence-corrected chi connectivity index (χ0v) is 16.2. The summed E-state index contributed by atoms with van der Waals surface area (Å²) in [5.41, 5.74) is 1.10.